The highest BCUT2D eigenvalue weighted by Crippen LogP contribution is 2.34. The first-order valence-corrected chi connectivity index (χ1v) is 14.3. The predicted molar refractivity (Wildman–Crippen MR) is 162 cm³/mol. The zero-order valence-electron chi connectivity index (χ0n) is 23.6. The lowest BCUT2D eigenvalue weighted by Gasteiger charge is -2.26. The van der Waals surface area contributed by atoms with Crippen molar-refractivity contribution >= 4 is 34.5 Å². The fourth-order valence-corrected chi connectivity index (χ4v) is 5.88. The molecule has 0 saturated carbocycles. The van der Waals surface area contributed by atoms with E-state index in [0.717, 1.165) is 19.3 Å². The Morgan fingerprint density at radius 1 is 1.07 bits per heavy atom. The Labute approximate surface area is 253 Å². The smallest absolute Gasteiger partial charge is 0.349 e. The van der Waals surface area contributed by atoms with Crippen molar-refractivity contribution in [3.05, 3.63) is 112 Å². The van der Waals surface area contributed by atoms with E-state index in [1.54, 1.807) is 59.3 Å². The summed E-state index contributed by atoms with van der Waals surface area (Å²) < 4.78 is 12.8. The van der Waals surface area contributed by atoms with Gasteiger partial charge >= 0.3 is 5.97 Å². The molecule has 0 saturated heterocycles. The van der Waals surface area contributed by atoms with Gasteiger partial charge in [0, 0.05) is 17.2 Å². The van der Waals surface area contributed by atoms with E-state index < -0.39 is 12.1 Å². The van der Waals surface area contributed by atoms with E-state index in [1.807, 2.05) is 19.1 Å². The van der Waals surface area contributed by atoms with Crippen molar-refractivity contribution in [2.45, 2.75) is 38.3 Å². The number of rotatable bonds is 8. The number of aliphatic carboxylic acids is 1. The molecule has 1 aromatic heterocycles. The molecule has 43 heavy (non-hydrogen) atoms. The van der Waals surface area contributed by atoms with Gasteiger partial charge in [0.15, 0.2) is 0 Å². The average Bonchev–Trinajstić information content (AvgIpc) is 3.45. The molecule has 218 valence electrons. The molecule has 6 rings (SSSR count). The number of carboxylic acid groups (broad SMARTS) is 1. The van der Waals surface area contributed by atoms with Crippen LogP contribution < -0.4 is 14.8 Å². The minimum Gasteiger partial charge on any atom is -0.496 e. The highest BCUT2D eigenvalue weighted by atomic mass is 35.5. The second-order valence-electron chi connectivity index (χ2n) is 10.4. The fourth-order valence-electron chi connectivity index (χ4n) is 5.68. The van der Waals surface area contributed by atoms with E-state index in [1.165, 1.54) is 18.2 Å². The zero-order valence-corrected chi connectivity index (χ0v) is 24.3. The molecule has 2 atom stereocenters. The molecule has 0 aliphatic heterocycles. The number of carbonyl (C=O) groups is 2. The summed E-state index contributed by atoms with van der Waals surface area (Å²) in [6, 6.07) is 23.3. The van der Waals surface area contributed by atoms with Crippen LogP contribution in [0.1, 0.15) is 57.6 Å². The third-order valence-electron chi connectivity index (χ3n) is 7.84. The van der Waals surface area contributed by atoms with Crippen LogP contribution in [-0.4, -0.2) is 39.1 Å². The lowest BCUT2D eigenvalue weighted by molar-refractivity contribution is -0.145. The highest BCUT2D eigenvalue weighted by Gasteiger charge is 2.27. The number of carbonyl (C=O) groups excluding carboxylic acids is 1. The average molecular weight is 597 g/mol. The summed E-state index contributed by atoms with van der Waals surface area (Å²) in [6.45, 7) is 1.84. The number of aromatic nitrogens is 3. The Bertz CT molecular complexity index is 1850. The SMILES string of the molecule is COc1ccccc1C(Oc1ccc(Cl)c(-n2nnc3c(C)c(C(=O)NC4CCCc5ccccc54)ccc32)c1)C(=O)O. The molecule has 0 radical (unpaired) electrons. The van der Waals surface area contributed by atoms with Crippen LogP contribution in [0.5, 0.6) is 11.5 Å². The van der Waals surface area contributed by atoms with E-state index in [9.17, 15) is 14.7 Å². The molecule has 2 unspecified atom stereocenters. The summed E-state index contributed by atoms with van der Waals surface area (Å²) in [6.07, 6.45) is 1.60. The topological polar surface area (TPSA) is 116 Å². The lowest BCUT2D eigenvalue weighted by atomic mass is 9.87. The van der Waals surface area contributed by atoms with Crippen LogP contribution in [0.2, 0.25) is 5.02 Å². The molecule has 0 bridgehead atoms. The Morgan fingerprint density at radius 2 is 1.86 bits per heavy atom. The van der Waals surface area contributed by atoms with Crippen LogP contribution in [0.25, 0.3) is 16.7 Å². The van der Waals surface area contributed by atoms with Gasteiger partial charge in [-0.25, -0.2) is 9.48 Å². The molecular weight excluding hydrogens is 568 g/mol. The van der Waals surface area contributed by atoms with Crippen molar-refractivity contribution in [3.8, 4) is 17.2 Å². The zero-order chi connectivity index (χ0) is 30.1. The fraction of sp³-hybridized carbons (Fsp3) is 0.212. The molecule has 1 aliphatic carbocycles. The molecule has 1 amide bonds. The van der Waals surface area contributed by atoms with E-state index in [0.29, 0.717) is 44.2 Å². The highest BCUT2D eigenvalue weighted by molar-refractivity contribution is 6.32. The van der Waals surface area contributed by atoms with Gasteiger partial charge in [0.25, 0.3) is 5.91 Å². The van der Waals surface area contributed by atoms with Crippen molar-refractivity contribution in [1.82, 2.24) is 20.3 Å². The molecule has 1 heterocycles. The Balaban J connectivity index is 1.30. The number of aryl methyl sites for hydroxylation is 2. The Hall–Kier alpha value is -4.89. The number of nitrogens with one attached hydrogen (secondary N) is 1. The number of hydrogen-bond donors (Lipinski definition) is 2. The molecule has 10 heteroatoms. The number of hydrogen-bond acceptors (Lipinski definition) is 6. The second-order valence-corrected chi connectivity index (χ2v) is 10.8. The molecule has 0 fully saturated rings. The summed E-state index contributed by atoms with van der Waals surface area (Å²) in [7, 11) is 1.47. The third kappa shape index (κ3) is 5.39. The second kappa shape index (κ2) is 11.8. The van der Waals surface area contributed by atoms with Crippen LogP contribution in [0.15, 0.2) is 78.9 Å². The third-order valence-corrected chi connectivity index (χ3v) is 8.16. The first kappa shape index (κ1) is 28.2. The van der Waals surface area contributed by atoms with Crippen molar-refractivity contribution in [1.29, 1.82) is 0 Å². The summed E-state index contributed by atoms with van der Waals surface area (Å²) in [5.74, 6) is -0.679. The van der Waals surface area contributed by atoms with Gasteiger partial charge in [0.2, 0.25) is 6.10 Å². The van der Waals surface area contributed by atoms with Gasteiger partial charge in [-0.3, -0.25) is 4.79 Å². The van der Waals surface area contributed by atoms with Gasteiger partial charge in [-0.2, -0.15) is 0 Å². The van der Waals surface area contributed by atoms with E-state index in [-0.39, 0.29) is 17.7 Å². The molecule has 0 spiro atoms. The van der Waals surface area contributed by atoms with Crippen LogP contribution in [0, 0.1) is 6.92 Å². The number of halogens is 1. The molecule has 2 N–H and O–H groups in total. The summed E-state index contributed by atoms with van der Waals surface area (Å²) in [4.78, 5) is 25.6. The quantitative estimate of drug-likeness (QED) is 0.213. The van der Waals surface area contributed by atoms with Gasteiger partial charge < -0.3 is 19.9 Å². The van der Waals surface area contributed by atoms with Gasteiger partial charge in [0.05, 0.1) is 29.4 Å². The summed E-state index contributed by atoms with van der Waals surface area (Å²) >= 11 is 6.58. The number of nitrogens with zero attached hydrogens (tertiary/aromatic N) is 3. The largest absolute Gasteiger partial charge is 0.496 e. The molecule has 1 aliphatic rings. The van der Waals surface area contributed by atoms with Crippen molar-refractivity contribution < 1.29 is 24.2 Å². The van der Waals surface area contributed by atoms with Crippen molar-refractivity contribution in [3.63, 3.8) is 0 Å². The first-order chi connectivity index (χ1) is 20.9. The van der Waals surface area contributed by atoms with E-state index >= 15 is 0 Å². The van der Waals surface area contributed by atoms with Crippen LogP contribution in [-0.2, 0) is 11.2 Å². The van der Waals surface area contributed by atoms with E-state index in [4.69, 9.17) is 21.1 Å². The summed E-state index contributed by atoms with van der Waals surface area (Å²) in [5, 5.41) is 22.2. The molecular formula is C33H29ClN4O5. The summed E-state index contributed by atoms with van der Waals surface area (Å²) in [5.41, 5.74) is 5.66. The number of amides is 1. The van der Waals surface area contributed by atoms with Crippen molar-refractivity contribution in [2.24, 2.45) is 0 Å². The number of benzene rings is 4. The van der Waals surface area contributed by atoms with Crippen LogP contribution in [0.4, 0.5) is 0 Å². The van der Waals surface area contributed by atoms with Crippen molar-refractivity contribution in [2.75, 3.05) is 7.11 Å². The minimum atomic E-state index is -1.32. The molecule has 4 aromatic carbocycles. The standard InChI is InChI=1S/C33H29ClN4O5/c1-19-22(32(39)35-26-12-7-9-20-8-3-4-10-23(20)26)15-17-27-30(19)36-37-38(27)28-18-21(14-16-25(28)34)43-31(33(40)41)24-11-5-6-13-29(24)42-2/h3-6,8,10-11,13-18,26,31H,7,9,12H2,1-2H3,(H,35,39)(H,40,41). The monoisotopic (exact) mass is 596 g/mol. The van der Waals surface area contributed by atoms with Gasteiger partial charge in [0.1, 0.15) is 17.0 Å². The minimum absolute atomic E-state index is 0.0461. The first-order valence-electron chi connectivity index (χ1n) is 13.9. The van der Waals surface area contributed by atoms with Gasteiger partial charge in [-0.1, -0.05) is 59.3 Å². The Morgan fingerprint density at radius 3 is 2.67 bits per heavy atom. The maximum absolute atomic E-state index is 13.4. The Kier molecular flexibility index (Phi) is 7.73. The number of carboxylic acids is 1. The number of methoxy groups -OCH3 is 1. The normalized spacial score (nSPS) is 15.0. The number of para-hydroxylation sites is 1. The van der Waals surface area contributed by atoms with Crippen LogP contribution in [0.3, 0.4) is 0 Å². The van der Waals surface area contributed by atoms with E-state index in [2.05, 4.69) is 27.8 Å². The number of fused-ring (bicyclic) bond motifs is 2. The molecule has 5 aromatic rings. The van der Waals surface area contributed by atoms with Gasteiger partial charge in [-0.15, -0.1) is 5.10 Å². The number of ether oxygens (including phenoxy) is 2. The van der Waals surface area contributed by atoms with Gasteiger partial charge in [-0.05, 0) is 73.2 Å². The maximum Gasteiger partial charge on any atom is 0.349 e. The molecule has 9 nitrogen and oxygen atoms in total. The predicted octanol–water partition coefficient (Wildman–Crippen LogP) is 6.40. The van der Waals surface area contributed by atoms with Crippen LogP contribution >= 0.6 is 11.6 Å². The lowest BCUT2D eigenvalue weighted by Crippen LogP contribution is -2.31. The maximum atomic E-state index is 13.4.